The third kappa shape index (κ3) is 7.73. The zero-order valence-corrected chi connectivity index (χ0v) is 17.0. The molecular weight excluding hydrogens is 413 g/mol. The third-order valence-electron chi connectivity index (χ3n) is 2.98. The van der Waals surface area contributed by atoms with Crippen LogP contribution in [0.2, 0.25) is 0 Å². The SMILES string of the molecule is CCNC(=NCC(C)(O)c1ccc(C)o1)NCCCSC.I. The predicted molar refractivity (Wildman–Crippen MR) is 105 cm³/mol. The molecule has 0 spiro atoms. The first-order valence-corrected chi connectivity index (χ1v) is 8.69. The number of aliphatic hydroxyl groups is 1. The van der Waals surface area contributed by atoms with Gasteiger partial charge in [-0.2, -0.15) is 11.8 Å². The summed E-state index contributed by atoms with van der Waals surface area (Å²) in [6.45, 7) is 7.50. The molecule has 0 bridgehead atoms. The predicted octanol–water partition coefficient (Wildman–Crippen LogP) is 2.72. The van der Waals surface area contributed by atoms with Crippen LogP contribution in [0.5, 0.6) is 0 Å². The van der Waals surface area contributed by atoms with Gasteiger partial charge in [0.15, 0.2) is 5.96 Å². The number of aryl methyl sites for hydroxylation is 1. The summed E-state index contributed by atoms with van der Waals surface area (Å²) in [6.07, 6.45) is 3.18. The molecule has 0 aliphatic rings. The molecule has 5 nitrogen and oxygen atoms in total. The second-order valence-corrected chi connectivity index (χ2v) is 6.14. The molecule has 1 rings (SSSR count). The average Bonchev–Trinajstić information content (AvgIpc) is 2.88. The first kappa shape index (κ1) is 21.6. The highest BCUT2D eigenvalue weighted by molar-refractivity contribution is 14.0. The number of aliphatic imine (C=N–C) groups is 1. The maximum atomic E-state index is 10.5. The molecule has 7 heteroatoms. The molecule has 1 aromatic rings. The van der Waals surface area contributed by atoms with Crippen molar-refractivity contribution in [2.75, 3.05) is 31.6 Å². The summed E-state index contributed by atoms with van der Waals surface area (Å²) in [7, 11) is 0. The van der Waals surface area contributed by atoms with Crippen molar-refractivity contribution in [1.82, 2.24) is 10.6 Å². The Morgan fingerprint density at radius 2 is 2.14 bits per heavy atom. The van der Waals surface area contributed by atoms with Crippen LogP contribution in [0.1, 0.15) is 31.8 Å². The standard InChI is InChI=1S/C15H27N3O2S.HI/c1-5-16-14(17-9-6-10-21-4)18-11-15(3,19)13-8-7-12(2)20-13;/h7-8,19H,5-6,9-11H2,1-4H3,(H2,16,17,18);1H. The summed E-state index contributed by atoms with van der Waals surface area (Å²) in [5.41, 5.74) is -1.10. The van der Waals surface area contributed by atoms with Crippen LogP contribution in [0.4, 0.5) is 0 Å². The fourth-order valence-electron chi connectivity index (χ4n) is 1.80. The number of halogens is 1. The molecule has 1 heterocycles. The van der Waals surface area contributed by atoms with E-state index in [9.17, 15) is 5.11 Å². The number of hydrogen-bond donors (Lipinski definition) is 3. The van der Waals surface area contributed by atoms with Crippen molar-refractivity contribution in [2.45, 2.75) is 32.8 Å². The molecule has 0 saturated heterocycles. The van der Waals surface area contributed by atoms with Gasteiger partial charge in [-0.25, -0.2) is 4.99 Å². The van der Waals surface area contributed by atoms with E-state index in [0.29, 0.717) is 5.76 Å². The monoisotopic (exact) mass is 441 g/mol. The first-order valence-electron chi connectivity index (χ1n) is 7.30. The molecule has 0 fully saturated rings. The first-order chi connectivity index (χ1) is 9.99. The Kier molecular flexibility index (Phi) is 11.0. The molecule has 22 heavy (non-hydrogen) atoms. The molecule has 1 atom stereocenters. The highest BCUT2D eigenvalue weighted by atomic mass is 127. The van der Waals surface area contributed by atoms with Crippen LogP contribution in [0.3, 0.4) is 0 Å². The minimum absolute atomic E-state index is 0. The van der Waals surface area contributed by atoms with Gasteiger partial charge in [-0.15, -0.1) is 24.0 Å². The molecule has 0 radical (unpaired) electrons. The number of nitrogens with one attached hydrogen (secondary N) is 2. The van der Waals surface area contributed by atoms with E-state index in [0.717, 1.165) is 37.0 Å². The van der Waals surface area contributed by atoms with Gasteiger partial charge >= 0.3 is 0 Å². The van der Waals surface area contributed by atoms with E-state index in [4.69, 9.17) is 4.42 Å². The zero-order chi connectivity index (χ0) is 15.7. The van der Waals surface area contributed by atoms with Gasteiger partial charge < -0.3 is 20.2 Å². The normalized spacial score (nSPS) is 14.1. The van der Waals surface area contributed by atoms with Crippen LogP contribution < -0.4 is 10.6 Å². The van der Waals surface area contributed by atoms with Crippen LogP contribution in [0.25, 0.3) is 0 Å². The van der Waals surface area contributed by atoms with Crippen molar-refractivity contribution in [2.24, 2.45) is 4.99 Å². The van der Waals surface area contributed by atoms with Crippen LogP contribution in [0.15, 0.2) is 21.5 Å². The van der Waals surface area contributed by atoms with Crippen LogP contribution in [-0.4, -0.2) is 42.7 Å². The fourth-order valence-corrected chi connectivity index (χ4v) is 2.23. The summed E-state index contributed by atoms with van der Waals surface area (Å²) in [4.78, 5) is 4.45. The fraction of sp³-hybridized carbons (Fsp3) is 0.667. The molecule has 128 valence electrons. The molecule has 0 amide bonds. The largest absolute Gasteiger partial charge is 0.463 e. The summed E-state index contributed by atoms with van der Waals surface area (Å²) < 4.78 is 5.49. The molecule has 0 aliphatic carbocycles. The summed E-state index contributed by atoms with van der Waals surface area (Å²) >= 11 is 1.83. The second-order valence-electron chi connectivity index (χ2n) is 5.15. The zero-order valence-electron chi connectivity index (χ0n) is 13.8. The summed E-state index contributed by atoms with van der Waals surface area (Å²) in [6, 6.07) is 3.64. The van der Waals surface area contributed by atoms with Crippen molar-refractivity contribution >= 4 is 41.7 Å². The van der Waals surface area contributed by atoms with Gasteiger partial charge in [0.1, 0.15) is 17.1 Å². The molecule has 0 aromatic carbocycles. The Morgan fingerprint density at radius 3 is 2.68 bits per heavy atom. The summed E-state index contributed by atoms with van der Waals surface area (Å²) in [5, 5.41) is 16.9. The van der Waals surface area contributed by atoms with Crippen LogP contribution >= 0.6 is 35.7 Å². The van der Waals surface area contributed by atoms with Gasteiger partial charge in [-0.05, 0) is 51.3 Å². The van der Waals surface area contributed by atoms with Gasteiger partial charge in [0, 0.05) is 13.1 Å². The molecule has 0 aliphatic heterocycles. The molecule has 3 N–H and O–H groups in total. The molecule has 1 aromatic heterocycles. The van der Waals surface area contributed by atoms with Gasteiger partial charge in [0.05, 0.1) is 6.54 Å². The topological polar surface area (TPSA) is 69.8 Å². The lowest BCUT2D eigenvalue weighted by Crippen LogP contribution is -2.39. The maximum absolute atomic E-state index is 10.5. The number of hydrogen-bond acceptors (Lipinski definition) is 4. The van der Waals surface area contributed by atoms with Crippen LogP contribution in [0, 0.1) is 6.92 Å². The molecular formula is C15H28IN3O2S. The van der Waals surface area contributed by atoms with Gasteiger partial charge in [0.2, 0.25) is 0 Å². The quantitative estimate of drug-likeness (QED) is 0.251. The number of furan rings is 1. The maximum Gasteiger partial charge on any atom is 0.191 e. The van der Waals surface area contributed by atoms with E-state index in [1.54, 1.807) is 13.0 Å². The highest BCUT2D eigenvalue weighted by Crippen LogP contribution is 2.22. The highest BCUT2D eigenvalue weighted by Gasteiger charge is 2.26. The van der Waals surface area contributed by atoms with E-state index in [2.05, 4.69) is 21.9 Å². The van der Waals surface area contributed by atoms with Crippen LogP contribution in [-0.2, 0) is 5.60 Å². The lowest BCUT2D eigenvalue weighted by atomic mass is 10.0. The number of rotatable bonds is 8. The lowest BCUT2D eigenvalue weighted by molar-refractivity contribution is 0.0428. The molecule has 1 unspecified atom stereocenters. The average molecular weight is 441 g/mol. The number of guanidine groups is 1. The smallest absolute Gasteiger partial charge is 0.191 e. The number of thioether (sulfide) groups is 1. The van der Waals surface area contributed by atoms with E-state index < -0.39 is 5.60 Å². The second kappa shape index (κ2) is 11.2. The van der Waals surface area contributed by atoms with Gasteiger partial charge in [0.25, 0.3) is 0 Å². The minimum Gasteiger partial charge on any atom is -0.463 e. The van der Waals surface area contributed by atoms with Crippen molar-refractivity contribution < 1.29 is 9.52 Å². The van der Waals surface area contributed by atoms with E-state index in [-0.39, 0.29) is 30.5 Å². The van der Waals surface area contributed by atoms with E-state index >= 15 is 0 Å². The van der Waals surface area contributed by atoms with Gasteiger partial charge in [-0.3, -0.25) is 0 Å². The summed E-state index contributed by atoms with van der Waals surface area (Å²) in [5.74, 6) is 3.18. The minimum atomic E-state index is -1.10. The van der Waals surface area contributed by atoms with Crippen molar-refractivity contribution in [3.63, 3.8) is 0 Å². The van der Waals surface area contributed by atoms with E-state index in [1.165, 1.54) is 0 Å². The van der Waals surface area contributed by atoms with Crippen molar-refractivity contribution in [3.8, 4) is 0 Å². The Morgan fingerprint density at radius 1 is 1.41 bits per heavy atom. The molecule has 0 saturated carbocycles. The Balaban J connectivity index is 0.00000441. The third-order valence-corrected chi connectivity index (χ3v) is 3.68. The van der Waals surface area contributed by atoms with Crippen molar-refractivity contribution in [3.05, 3.63) is 23.7 Å². The number of nitrogens with zero attached hydrogens (tertiary/aromatic N) is 1. The Bertz CT molecular complexity index is 450. The Hall–Kier alpha value is -0.410. The lowest BCUT2D eigenvalue weighted by Gasteiger charge is -2.19. The van der Waals surface area contributed by atoms with Gasteiger partial charge in [-0.1, -0.05) is 0 Å². The van der Waals surface area contributed by atoms with E-state index in [1.807, 2.05) is 31.7 Å². The Labute approximate surface area is 154 Å². The van der Waals surface area contributed by atoms with Crippen molar-refractivity contribution in [1.29, 1.82) is 0 Å².